The molecule has 2 N–H and O–H groups in total. The number of allylic oxidation sites excluding steroid dienone is 1. The average Bonchev–Trinajstić information content (AvgIpc) is 2.94. The Hall–Kier alpha value is -2.88. The van der Waals surface area contributed by atoms with Gasteiger partial charge in [0.1, 0.15) is 0 Å². The maximum Gasteiger partial charge on any atom is 0.335 e. The highest BCUT2D eigenvalue weighted by atomic mass is 16.4. The molecular weight excluding hydrogens is 506 g/mol. The van der Waals surface area contributed by atoms with Crippen LogP contribution in [0.15, 0.2) is 48.5 Å². The Bertz CT molecular complexity index is 1170. The first-order valence-electron chi connectivity index (χ1n) is 16.1. The Morgan fingerprint density at radius 1 is 0.732 bits per heavy atom. The lowest BCUT2D eigenvalue weighted by Crippen LogP contribution is -2.34. The maximum absolute atomic E-state index is 13.6. The molecule has 2 aromatic carbocycles. The third-order valence-corrected chi connectivity index (χ3v) is 8.95. The number of carbonyl (C=O) groups is 2. The number of carboxylic acid groups (broad SMARTS) is 1. The Kier molecular flexibility index (Phi) is 12.2. The lowest BCUT2D eigenvalue weighted by Gasteiger charge is -2.42. The third kappa shape index (κ3) is 9.58. The molecule has 1 aliphatic carbocycles. The zero-order valence-electron chi connectivity index (χ0n) is 26.3. The number of carboxylic acids is 1. The van der Waals surface area contributed by atoms with Gasteiger partial charge >= 0.3 is 5.97 Å². The number of anilines is 1. The van der Waals surface area contributed by atoms with Crippen LogP contribution in [0.1, 0.15) is 152 Å². The molecule has 3 rings (SSSR count). The molecule has 2 aromatic rings. The summed E-state index contributed by atoms with van der Waals surface area (Å²) >= 11 is 0. The van der Waals surface area contributed by atoms with Crippen LogP contribution >= 0.6 is 0 Å². The minimum absolute atomic E-state index is 0.0606. The van der Waals surface area contributed by atoms with E-state index in [0.29, 0.717) is 11.3 Å². The fraction of sp³-hybridized carbons (Fsp3) is 0.568. The molecule has 0 heterocycles. The summed E-state index contributed by atoms with van der Waals surface area (Å²) in [5, 5.41) is 12.2. The van der Waals surface area contributed by atoms with Gasteiger partial charge in [0.2, 0.25) is 0 Å². The van der Waals surface area contributed by atoms with Crippen molar-refractivity contribution in [3.63, 3.8) is 0 Å². The molecule has 0 spiro atoms. The van der Waals surface area contributed by atoms with Crippen molar-refractivity contribution in [2.45, 2.75) is 135 Å². The van der Waals surface area contributed by atoms with Crippen molar-refractivity contribution in [1.82, 2.24) is 0 Å². The second kappa shape index (κ2) is 15.4. The molecular formula is C37H53NO3. The summed E-state index contributed by atoms with van der Waals surface area (Å²) in [5.41, 5.74) is 5.35. The number of rotatable bonds is 16. The lowest BCUT2D eigenvalue weighted by atomic mass is 9.63. The van der Waals surface area contributed by atoms with Gasteiger partial charge in [-0.3, -0.25) is 4.79 Å². The van der Waals surface area contributed by atoms with Gasteiger partial charge in [0.25, 0.3) is 5.91 Å². The van der Waals surface area contributed by atoms with Crippen LogP contribution in [0.25, 0.3) is 5.57 Å². The Labute approximate surface area is 249 Å². The first-order chi connectivity index (χ1) is 19.5. The number of amides is 1. The number of benzene rings is 2. The minimum Gasteiger partial charge on any atom is -0.478 e. The van der Waals surface area contributed by atoms with E-state index in [1.165, 1.54) is 87.5 Å². The summed E-state index contributed by atoms with van der Waals surface area (Å²) < 4.78 is 0. The van der Waals surface area contributed by atoms with Gasteiger partial charge in [-0.05, 0) is 77.5 Å². The summed E-state index contributed by atoms with van der Waals surface area (Å²) in [5.74, 6) is -1.13. The molecule has 224 valence electrons. The van der Waals surface area contributed by atoms with Gasteiger partial charge in [0.15, 0.2) is 0 Å². The van der Waals surface area contributed by atoms with Gasteiger partial charge in [-0.15, -0.1) is 0 Å². The fourth-order valence-corrected chi connectivity index (χ4v) is 6.05. The van der Waals surface area contributed by atoms with E-state index in [2.05, 4.69) is 64.2 Å². The average molecular weight is 560 g/mol. The highest BCUT2D eigenvalue weighted by molar-refractivity contribution is 6.25. The normalized spacial score (nSPS) is 15.8. The number of hydrogen-bond acceptors (Lipinski definition) is 2. The van der Waals surface area contributed by atoms with Crippen molar-refractivity contribution in [2.75, 3.05) is 5.32 Å². The van der Waals surface area contributed by atoms with Gasteiger partial charge in [-0.1, -0.05) is 123 Å². The summed E-state index contributed by atoms with van der Waals surface area (Å²) in [6, 6.07) is 12.9. The molecule has 0 atom stereocenters. The van der Waals surface area contributed by atoms with E-state index in [-0.39, 0.29) is 22.3 Å². The first-order valence-corrected chi connectivity index (χ1v) is 16.1. The van der Waals surface area contributed by atoms with Crippen LogP contribution in [-0.4, -0.2) is 17.0 Å². The van der Waals surface area contributed by atoms with Crippen LogP contribution in [-0.2, 0) is 15.6 Å². The smallest absolute Gasteiger partial charge is 0.335 e. The van der Waals surface area contributed by atoms with Gasteiger partial charge < -0.3 is 10.4 Å². The highest BCUT2D eigenvalue weighted by Gasteiger charge is 2.37. The van der Waals surface area contributed by atoms with Crippen molar-refractivity contribution in [1.29, 1.82) is 0 Å². The van der Waals surface area contributed by atoms with Crippen LogP contribution in [0.2, 0.25) is 0 Å². The molecule has 0 radical (unpaired) electrons. The van der Waals surface area contributed by atoms with Crippen molar-refractivity contribution >= 4 is 23.1 Å². The third-order valence-electron chi connectivity index (χ3n) is 8.95. The molecule has 4 heteroatoms. The summed E-state index contributed by atoms with van der Waals surface area (Å²) in [6.45, 7) is 11.5. The van der Waals surface area contributed by atoms with Gasteiger partial charge in [0.05, 0.1) is 5.56 Å². The molecule has 0 fully saturated rings. The monoisotopic (exact) mass is 559 g/mol. The van der Waals surface area contributed by atoms with Crippen molar-refractivity contribution in [2.24, 2.45) is 0 Å². The Morgan fingerprint density at radius 2 is 1.24 bits per heavy atom. The molecule has 0 saturated carbocycles. The predicted octanol–water partition coefficient (Wildman–Crippen LogP) is 10.5. The molecule has 0 saturated heterocycles. The molecule has 0 unspecified atom stereocenters. The zero-order valence-corrected chi connectivity index (χ0v) is 26.3. The van der Waals surface area contributed by atoms with Crippen LogP contribution in [0, 0.1) is 0 Å². The van der Waals surface area contributed by atoms with E-state index in [9.17, 15) is 14.7 Å². The fourth-order valence-electron chi connectivity index (χ4n) is 6.05. The topological polar surface area (TPSA) is 66.4 Å². The number of hydrogen-bond donors (Lipinski definition) is 2. The number of aromatic carboxylic acids is 1. The Morgan fingerprint density at radius 3 is 1.80 bits per heavy atom. The van der Waals surface area contributed by atoms with E-state index in [4.69, 9.17) is 0 Å². The zero-order chi connectivity index (χ0) is 29.9. The van der Waals surface area contributed by atoms with Gasteiger partial charge in [-0.2, -0.15) is 0 Å². The molecule has 1 aliphatic rings. The van der Waals surface area contributed by atoms with Gasteiger partial charge in [0, 0.05) is 11.3 Å². The molecule has 0 aromatic heterocycles. The number of nitrogens with one attached hydrogen (secondary N) is 1. The minimum atomic E-state index is -0.977. The van der Waals surface area contributed by atoms with Crippen molar-refractivity contribution < 1.29 is 14.7 Å². The summed E-state index contributed by atoms with van der Waals surface area (Å²) in [4.78, 5) is 24.9. The Balaban J connectivity index is 1.69. The predicted molar refractivity (Wildman–Crippen MR) is 173 cm³/mol. The van der Waals surface area contributed by atoms with E-state index < -0.39 is 5.97 Å². The highest BCUT2D eigenvalue weighted by Crippen LogP contribution is 2.46. The SMILES string of the molecule is CCCCCCCCCCCCC/C=C(\C(=O)Nc1ccc(C(=O)O)cc1)c1ccc2c(c1)C(C)(C)CCC2(C)C. The van der Waals surface area contributed by atoms with E-state index in [1.807, 2.05) is 0 Å². The molecule has 1 amide bonds. The maximum atomic E-state index is 13.6. The van der Waals surface area contributed by atoms with Crippen molar-refractivity contribution in [3.8, 4) is 0 Å². The number of unbranched alkanes of at least 4 members (excludes halogenated alkanes) is 11. The van der Waals surface area contributed by atoms with Gasteiger partial charge in [-0.25, -0.2) is 4.79 Å². The number of fused-ring (bicyclic) bond motifs is 1. The van der Waals surface area contributed by atoms with Crippen LogP contribution in [0.4, 0.5) is 5.69 Å². The first kappa shape index (κ1) is 32.6. The van der Waals surface area contributed by atoms with Crippen molar-refractivity contribution in [3.05, 3.63) is 70.8 Å². The molecule has 41 heavy (non-hydrogen) atoms. The largest absolute Gasteiger partial charge is 0.478 e. The summed E-state index contributed by atoms with van der Waals surface area (Å²) in [7, 11) is 0. The van der Waals surface area contributed by atoms with E-state index >= 15 is 0 Å². The number of carbonyl (C=O) groups excluding carboxylic acids is 1. The molecule has 0 bridgehead atoms. The van der Waals surface area contributed by atoms with E-state index in [1.54, 1.807) is 12.1 Å². The molecule has 4 nitrogen and oxygen atoms in total. The molecule has 0 aliphatic heterocycles. The second-order valence-electron chi connectivity index (χ2n) is 13.3. The van der Waals surface area contributed by atoms with Crippen LogP contribution in [0.3, 0.4) is 0 Å². The van der Waals surface area contributed by atoms with E-state index in [0.717, 1.165) is 31.2 Å². The quantitative estimate of drug-likeness (QED) is 0.159. The summed E-state index contributed by atoms with van der Waals surface area (Å²) in [6.07, 6.45) is 19.5. The lowest BCUT2D eigenvalue weighted by molar-refractivity contribution is -0.111. The standard InChI is InChI=1S/C37H53NO3/c1-6-7-8-9-10-11-12-13-14-15-16-17-18-31(34(39)38-30-22-19-28(20-23-30)35(40)41)29-21-24-32-33(27-29)37(4,5)26-25-36(32,2)3/h18-24,27H,6-17,25-26H2,1-5H3,(H,38,39)(H,40,41)/b31-18-. The van der Waals surface area contributed by atoms with Crippen LogP contribution in [0.5, 0.6) is 0 Å². The second-order valence-corrected chi connectivity index (χ2v) is 13.3. The van der Waals surface area contributed by atoms with Crippen LogP contribution < -0.4 is 5.32 Å².